The maximum Gasteiger partial charge on any atom is 0.250 e. The molecule has 0 saturated heterocycles. The molecule has 1 aromatic carbocycles. The monoisotopic (exact) mass is 222 g/mol. The van der Waals surface area contributed by atoms with Gasteiger partial charge in [-0.25, -0.2) is 13.8 Å². The van der Waals surface area contributed by atoms with E-state index in [9.17, 15) is 13.6 Å². The SMILES string of the molecule is O=c1ccnc(Cc2cc(F)cc(F)c2)[nH]1. The number of H-pyrrole nitrogens is 1. The van der Waals surface area contributed by atoms with Gasteiger partial charge in [-0.2, -0.15) is 0 Å². The smallest absolute Gasteiger partial charge is 0.250 e. The van der Waals surface area contributed by atoms with Gasteiger partial charge in [0.1, 0.15) is 17.5 Å². The Labute approximate surface area is 89.8 Å². The molecule has 1 aromatic heterocycles. The summed E-state index contributed by atoms with van der Waals surface area (Å²) in [6.45, 7) is 0. The van der Waals surface area contributed by atoms with Crippen molar-refractivity contribution in [3.8, 4) is 0 Å². The number of hydrogen-bond acceptors (Lipinski definition) is 2. The van der Waals surface area contributed by atoms with Crippen molar-refractivity contribution < 1.29 is 8.78 Å². The van der Waals surface area contributed by atoms with Gasteiger partial charge in [0, 0.05) is 24.8 Å². The van der Waals surface area contributed by atoms with Crippen LogP contribution in [0.3, 0.4) is 0 Å². The molecule has 82 valence electrons. The molecule has 16 heavy (non-hydrogen) atoms. The topological polar surface area (TPSA) is 45.8 Å². The molecule has 2 rings (SSSR count). The van der Waals surface area contributed by atoms with Crippen LogP contribution in [-0.4, -0.2) is 9.97 Å². The Balaban J connectivity index is 2.30. The van der Waals surface area contributed by atoms with Crippen LogP contribution in [-0.2, 0) is 6.42 Å². The summed E-state index contributed by atoms with van der Waals surface area (Å²) in [7, 11) is 0. The van der Waals surface area contributed by atoms with Gasteiger partial charge in [0.2, 0.25) is 0 Å². The Hall–Kier alpha value is -2.04. The highest BCUT2D eigenvalue weighted by Crippen LogP contribution is 2.10. The van der Waals surface area contributed by atoms with Gasteiger partial charge in [-0.15, -0.1) is 0 Å². The molecule has 0 saturated carbocycles. The minimum absolute atomic E-state index is 0.185. The van der Waals surface area contributed by atoms with E-state index < -0.39 is 11.6 Å². The Kier molecular flexibility index (Phi) is 2.76. The summed E-state index contributed by atoms with van der Waals surface area (Å²) in [6.07, 6.45) is 1.54. The lowest BCUT2D eigenvalue weighted by atomic mass is 10.1. The Bertz CT molecular complexity index is 546. The van der Waals surface area contributed by atoms with E-state index in [1.807, 2.05) is 0 Å². The van der Waals surface area contributed by atoms with Crippen LogP contribution in [0.4, 0.5) is 8.78 Å². The number of nitrogens with zero attached hydrogens (tertiary/aromatic N) is 1. The van der Waals surface area contributed by atoms with Gasteiger partial charge in [0.05, 0.1) is 0 Å². The molecule has 2 aromatic rings. The maximum atomic E-state index is 12.9. The van der Waals surface area contributed by atoms with Crippen LogP contribution in [0.5, 0.6) is 0 Å². The fourth-order valence-corrected chi connectivity index (χ4v) is 1.41. The van der Waals surface area contributed by atoms with Gasteiger partial charge in [-0.05, 0) is 17.7 Å². The Morgan fingerprint density at radius 1 is 1.19 bits per heavy atom. The van der Waals surface area contributed by atoms with Crippen molar-refractivity contribution in [1.82, 2.24) is 9.97 Å². The van der Waals surface area contributed by atoms with Crippen molar-refractivity contribution in [1.29, 1.82) is 0 Å². The molecule has 3 nitrogen and oxygen atoms in total. The quantitative estimate of drug-likeness (QED) is 0.839. The number of aromatic nitrogens is 2. The highest BCUT2D eigenvalue weighted by Gasteiger charge is 2.03. The molecule has 0 bridgehead atoms. The largest absolute Gasteiger partial charge is 0.310 e. The van der Waals surface area contributed by atoms with E-state index >= 15 is 0 Å². The predicted octanol–water partition coefficient (Wildman–Crippen LogP) is 1.64. The van der Waals surface area contributed by atoms with Crippen molar-refractivity contribution in [2.75, 3.05) is 0 Å². The van der Waals surface area contributed by atoms with Gasteiger partial charge in [0.25, 0.3) is 5.56 Å². The molecule has 1 N–H and O–H groups in total. The molecule has 0 aliphatic rings. The second-order valence-electron chi connectivity index (χ2n) is 3.34. The van der Waals surface area contributed by atoms with E-state index in [0.29, 0.717) is 11.4 Å². The maximum absolute atomic E-state index is 12.9. The molecule has 0 aliphatic heterocycles. The molecular formula is C11H8F2N2O. The van der Waals surface area contributed by atoms with E-state index in [0.717, 1.165) is 6.07 Å². The second kappa shape index (κ2) is 4.22. The van der Waals surface area contributed by atoms with Crippen molar-refractivity contribution in [2.24, 2.45) is 0 Å². The first-order valence-corrected chi connectivity index (χ1v) is 4.63. The fraction of sp³-hybridized carbons (Fsp3) is 0.0909. The summed E-state index contributed by atoms with van der Waals surface area (Å²) >= 11 is 0. The third-order valence-electron chi connectivity index (χ3n) is 2.02. The standard InChI is InChI=1S/C11H8F2N2O/c12-8-3-7(4-9(13)6-8)5-10-14-2-1-11(16)15-10/h1-4,6H,5H2,(H,14,15,16). The number of halogens is 2. The Morgan fingerprint density at radius 3 is 2.50 bits per heavy atom. The van der Waals surface area contributed by atoms with Crippen molar-refractivity contribution in [3.05, 3.63) is 63.8 Å². The molecule has 0 aliphatic carbocycles. The number of rotatable bonds is 2. The van der Waals surface area contributed by atoms with Crippen LogP contribution in [0.1, 0.15) is 11.4 Å². The van der Waals surface area contributed by atoms with E-state index in [-0.39, 0.29) is 12.0 Å². The predicted molar refractivity (Wildman–Crippen MR) is 54.0 cm³/mol. The average molecular weight is 222 g/mol. The summed E-state index contributed by atoms with van der Waals surface area (Å²) in [4.78, 5) is 17.3. The number of benzene rings is 1. The molecule has 5 heteroatoms. The lowest BCUT2D eigenvalue weighted by Crippen LogP contribution is -2.09. The number of aromatic amines is 1. The van der Waals surface area contributed by atoms with E-state index in [1.165, 1.54) is 24.4 Å². The van der Waals surface area contributed by atoms with E-state index in [4.69, 9.17) is 0 Å². The van der Waals surface area contributed by atoms with Crippen LogP contribution in [0, 0.1) is 11.6 Å². The third-order valence-corrected chi connectivity index (χ3v) is 2.02. The zero-order valence-corrected chi connectivity index (χ0v) is 8.21. The number of hydrogen-bond donors (Lipinski definition) is 1. The summed E-state index contributed by atoms with van der Waals surface area (Å²) in [5.74, 6) is -0.918. The summed E-state index contributed by atoms with van der Waals surface area (Å²) in [6, 6.07) is 4.48. The highest BCUT2D eigenvalue weighted by atomic mass is 19.1. The fourth-order valence-electron chi connectivity index (χ4n) is 1.41. The summed E-state index contributed by atoms with van der Waals surface area (Å²) in [5.41, 5.74) is 0.133. The minimum Gasteiger partial charge on any atom is -0.310 e. The van der Waals surface area contributed by atoms with Crippen LogP contribution in [0.2, 0.25) is 0 Å². The molecule has 0 spiro atoms. The van der Waals surface area contributed by atoms with Crippen LogP contribution in [0.15, 0.2) is 35.3 Å². The second-order valence-corrected chi connectivity index (χ2v) is 3.34. The average Bonchev–Trinajstić information content (AvgIpc) is 2.15. The van der Waals surface area contributed by atoms with Crippen molar-refractivity contribution >= 4 is 0 Å². The van der Waals surface area contributed by atoms with Gasteiger partial charge < -0.3 is 4.98 Å². The molecular weight excluding hydrogens is 214 g/mol. The van der Waals surface area contributed by atoms with Gasteiger partial charge in [-0.3, -0.25) is 4.79 Å². The molecule has 0 fully saturated rings. The Morgan fingerprint density at radius 2 is 1.88 bits per heavy atom. The van der Waals surface area contributed by atoms with Crippen molar-refractivity contribution in [2.45, 2.75) is 6.42 Å². The van der Waals surface area contributed by atoms with Gasteiger partial charge in [-0.1, -0.05) is 0 Å². The lowest BCUT2D eigenvalue weighted by molar-refractivity contribution is 0.580. The molecule has 0 unspecified atom stereocenters. The zero-order chi connectivity index (χ0) is 11.5. The summed E-state index contributed by atoms with van der Waals surface area (Å²) in [5, 5.41) is 0. The van der Waals surface area contributed by atoms with E-state index in [1.54, 1.807) is 0 Å². The third kappa shape index (κ3) is 2.50. The highest BCUT2D eigenvalue weighted by molar-refractivity contribution is 5.21. The van der Waals surface area contributed by atoms with Crippen molar-refractivity contribution in [3.63, 3.8) is 0 Å². The molecule has 1 heterocycles. The minimum atomic E-state index is -0.645. The molecule has 0 radical (unpaired) electrons. The first-order valence-electron chi connectivity index (χ1n) is 4.63. The van der Waals surface area contributed by atoms with Gasteiger partial charge >= 0.3 is 0 Å². The van der Waals surface area contributed by atoms with Crippen LogP contribution < -0.4 is 5.56 Å². The first-order chi connectivity index (χ1) is 7.63. The normalized spacial score (nSPS) is 10.4. The zero-order valence-electron chi connectivity index (χ0n) is 8.21. The van der Waals surface area contributed by atoms with Gasteiger partial charge in [0.15, 0.2) is 0 Å². The molecule has 0 amide bonds. The van der Waals surface area contributed by atoms with Crippen LogP contribution in [0.25, 0.3) is 0 Å². The summed E-state index contributed by atoms with van der Waals surface area (Å²) < 4.78 is 25.8. The number of nitrogens with one attached hydrogen (secondary N) is 1. The molecule has 0 atom stereocenters. The first kappa shape index (κ1) is 10.5. The van der Waals surface area contributed by atoms with E-state index in [2.05, 4.69) is 9.97 Å². The lowest BCUT2D eigenvalue weighted by Gasteiger charge is -2.01. The van der Waals surface area contributed by atoms with Crippen LogP contribution >= 0.6 is 0 Å².